The summed E-state index contributed by atoms with van der Waals surface area (Å²) in [6, 6.07) is 11.6. The molecule has 2 heterocycles. The summed E-state index contributed by atoms with van der Waals surface area (Å²) in [6.07, 6.45) is 0. The number of aromatic nitrogens is 1. The maximum absolute atomic E-state index is 13.0. The van der Waals surface area contributed by atoms with Crippen LogP contribution in [0.5, 0.6) is 5.75 Å². The number of benzene rings is 2. The summed E-state index contributed by atoms with van der Waals surface area (Å²) in [5.74, 6) is -1.81. The van der Waals surface area contributed by atoms with Crippen LogP contribution in [0.15, 0.2) is 54.1 Å². The van der Waals surface area contributed by atoms with Crippen LogP contribution in [-0.2, 0) is 9.59 Å². The van der Waals surface area contributed by atoms with Crippen LogP contribution in [-0.4, -0.2) is 26.9 Å². The number of aromatic hydroxyl groups is 1. The number of ketones is 1. The molecule has 4 rings (SSSR count). The van der Waals surface area contributed by atoms with Crippen LogP contribution in [0.2, 0.25) is 5.02 Å². The summed E-state index contributed by atoms with van der Waals surface area (Å²) in [6.45, 7) is 3.71. The van der Waals surface area contributed by atoms with E-state index in [4.69, 9.17) is 11.6 Å². The molecule has 2 aromatic carbocycles. The van der Waals surface area contributed by atoms with Crippen molar-refractivity contribution in [1.82, 2.24) is 4.98 Å². The van der Waals surface area contributed by atoms with Gasteiger partial charge in [0.2, 0.25) is 0 Å². The number of aliphatic hydroxyl groups is 1. The van der Waals surface area contributed by atoms with Crippen molar-refractivity contribution in [2.75, 3.05) is 4.90 Å². The second-order valence-corrected chi connectivity index (χ2v) is 8.52. The number of phenols is 1. The molecule has 1 aliphatic heterocycles. The zero-order chi connectivity index (χ0) is 21.6. The molecule has 1 aromatic heterocycles. The third-order valence-corrected chi connectivity index (χ3v) is 6.32. The van der Waals surface area contributed by atoms with Crippen LogP contribution < -0.4 is 4.90 Å². The van der Waals surface area contributed by atoms with Crippen molar-refractivity contribution in [2.24, 2.45) is 0 Å². The molecule has 1 saturated heterocycles. The van der Waals surface area contributed by atoms with Gasteiger partial charge in [-0.25, -0.2) is 4.98 Å². The number of nitrogens with zero attached hydrogens (tertiary/aromatic N) is 2. The van der Waals surface area contributed by atoms with Gasteiger partial charge in [0.1, 0.15) is 11.5 Å². The number of halogens is 1. The highest BCUT2D eigenvalue weighted by molar-refractivity contribution is 7.16. The monoisotopic (exact) mass is 440 g/mol. The third-order valence-electron chi connectivity index (χ3n) is 4.99. The molecule has 8 heteroatoms. The number of phenolic OH excluding ortho intramolecular Hbond substituents is 1. The van der Waals surface area contributed by atoms with Crippen molar-refractivity contribution in [1.29, 1.82) is 0 Å². The molecule has 2 N–H and O–H groups in total. The van der Waals surface area contributed by atoms with E-state index in [1.165, 1.54) is 28.4 Å². The molecule has 1 atom stereocenters. The molecular weight excluding hydrogens is 424 g/mol. The predicted octanol–water partition coefficient (Wildman–Crippen LogP) is 4.75. The second kappa shape index (κ2) is 7.59. The molecule has 0 spiro atoms. The van der Waals surface area contributed by atoms with E-state index in [0.29, 0.717) is 21.3 Å². The van der Waals surface area contributed by atoms with Gasteiger partial charge in [-0.05, 0) is 55.8 Å². The Bertz CT molecular complexity index is 1160. The number of thiazole rings is 1. The lowest BCUT2D eigenvalue weighted by atomic mass is 9.95. The van der Waals surface area contributed by atoms with E-state index >= 15 is 0 Å². The minimum atomic E-state index is -0.883. The maximum atomic E-state index is 13.0. The fraction of sp³-hybridized carbons (Fsp3) is 0.136. The van der Waals surface area contributed by atoms with Crippen molar-refractivity contribution in [2.45, 2.75) is 19.9 Å². The normalized spacial score (nSPS) is 18.2. The number of hydrogen-bond acceptors (Lipinski definition) is 6. The minimum absolute atomic E-state index is 0.0430. The van der Waals surface area contributed by atoms with Crippen molar-refractivity contribution in [3.8, 4) is 5.75 Å². The quantitative estimate of drug-likeness (QED) is 0.348. The Morgan fingerprint density at radius 1 is 1.07 bits per heavy atom. The summed E-state index contributed by atoms with van der Waals surface area (Å²) >= 11 is 7.23. The molecule has 152 valence electrons. The molecule has 1 amide bonds. The highest BCUT2D eigenvalue weighted by Crippen LogP contribution is 2.44. The molecule has 0 unspecified atom stereocenters. The van der Waals surface area contributed by atoms with Gasteiger partial charge in [-0.15, -0.1) is 11.3 Å². The summed E-state index contributed by atoms with van der Waals surface area (Å²) in [4.78, 5) is 32.7. The van der Waals surface area contributed by atoms with Crippen molar-refractivity contribution in [3.05, 3.63) is 80.8 Å². The number of anilines is 1. The third kappa shape index (κ3) is 3.36. The standard InChI is InChI=1S/C22H17ClN2O4S/c1-11-12(2)30-22(24-11)25-18(13-5-9-16(26)10-6-13)17(20(28)21(25)29)19(27)14-3-7-15(23)8-4-14/h3-10,18,26-27H,1-2H3/b19-17+/t18-/m1/s1. The van der Waals surface area contributed by atoms with Crippen LogP contribution in [0.25, 0.3) is 5.76 Å². The van der Waals surface area contributed by atoms with Crippen molar-refractivity contribution >= 4 is 45.5 Å². The van der Waals surface area contributed by atoms with Gasteiger partial charge < -0.3 is 10.2 Å². The Kier molecular flexibility index (Phi) is 5.09. The number of aryl methyl sites for hydroxylation is 2. The predicted molar refractivity (Wildman–Crippen MR) is 116 cm³/mol. The molecular formula is C22H17ClN2O4S. The molecule has 6 nitrogen and oxygen atoms in total. The van der Waals surface area contributed by atoms with E-state index in [2.05, 4.69) is 4.98 Å². The highest BCUT2D eigenvalue weighted by atomic mass is 35.5. The lowest BCUT2D eigenvalue weighted by Gasteiger charge is -2.23. The summed E-state index contributed by atoms with van der Waals surface area (Å²) < 4.78 is 0. The number of rotatable bonds is 3. The van der Waals surface area contributed by atoms with Gasteiger partial charge in [-0.3, -0.25) is 14.5 Å². The number of carbonyl (C=O) groups is 2. The molecule has 0 bridgehead atoms. The number of aliphatic hydroxyl groups excluding tert-OH is 1. The number of carbonyl (C=O) groups excluding carboxylic acids is 2. The van der Waals surface area contributed by atoms with E-state index in [-0.39, 0.29) is 17.1 Å². The molecule has 1 aliphatic rings. The Morgan fingerprint density at radius 3 is 2.27 bits per heavy atom. The molecule has 0 radical (unpaired) electrons. The van der Waals surface area contributed by atoms with Gasteiger partial charge in [-0.1, -0.05) is 23.7 Å². The second-order valence-electron chi connectivity index (χ2n) is 6.91. The van der Waals surface area contributed by atoms with Crippen LogP contribution in [0.4, 0.5) is 5.13 Å². The average molecular weight is 441 g/mol. The first-order valence-corrected chi connectivity index (χ1v) is 10.3. The highest BCUT2D eigenvalue weighted by Gasteiger charge is 2.48. The molecule has 0 saturated carbocycles. The van der Waals surface area contributed by atoms with E-state index in [1.54, 1.807) is 36.4 Å². The number of hydrogen-bond donors (Lipinski definition) is 2. The van der Waals surface area contributed by atoms with Crippen molar-refractivity contribution < 1.29 is 19.8 Å². The van der Waals surface area contributed by atoms with Crippen LogP contribution >= 0.6 is 22.9 Å². The minimum Gasteiger partial charge on any atom is -0.508 e. The van der Waals surface area contributed by atoms with E-state index in [0.717, 1.165) is 10.6 Å². The Hall–Kier alpha value is -3.16. The Morgan fingerprint density at radius 2 is 1.70 bits per heavy atom. The lowest BCUT2D eigenvalue weighted by molar-refractivity contribution is -0.132. The summed E-state index contributed by atoms with van der Waals surface area (Å²) in [5, 5.41) is 21.5. The van der Waals surface area contributed by atoms with E-state index < -0.39 is 17.7 Å². The van der Waals surface area contributed by atoms with Crippen LogP contribution in [0.1, 0.15) is 27.7 Å². The molecule has 3 aromatic rings. The first kappa shape index (κ1) is 20.1. The van der Waals surface area contributed by atoms with Crippen molar-refractivity contribution in [3.63, 3.8) is 0 Å². The molecule has 0 aliphatic carbocycles. The lowest BCUT2D eigenvalue weighted by Crippen LogP contribution is -2.29. The first-order chi connectivity index (χ1) is 14.3. The first-order valence-electron chi connectivity index (χ1n) is 9.08. The van der Waals surface area contributed by atoms with Gasteiger partial charge in [0.05, 0.1) is 17.3 Å². The topological polar surface area (TPSA) is 90.7 Å². The molecule has 1 fully saturated rings. The zero-order valence-corrected chi connectivity index (χ0v) is 17.7. The number of amides is 1. The smallest absolute Gasteiger partial charge is 0.301 e. The van der Waals surface area contributed by atoms with Crippen LogP contribution in [0.3, 0.4) is 0 Å². The average Bonchev–Trinajstić information content (AvgIpc) is 3.18. The van der Waals surface area contributed by atoms with E-state index in [1.807, 2.05) is 13.8 Å². The van der Waals surface area contributed by atoms with E-state index in [9.17, 15) is 19.8 Å². The fourth-order valence-corrected chi connectivity index (χ4v) is 4.39. The maximum Gasteiger partial charge on any atom is 0.301 e. The fourth-order valence-electron chi connectivity index (χ4n) is 3.32. The Balaban J connectivity index is 1.94. The van der Waals surface area contributed by atoms with Gasteiger partial charge in [0.15, 0.2) is 5.13 Å². The largest absolute Gasteiger partial charge is 0.508 e. The Labute approximate surface area is 181 Å². The van der Waals surface area contributed by atoms with Gasteiger partial charge in [0.25, 0.3) is 5.78 Å². The van der Waals surface area contributed by atoms with Gasteiger partial charge in [0, 0.05) is 15.5 Å². The number of Topliss-reactive ketones (excluding diaryl/α,β-unsaturated/α-hetero) is 1. The molecule has 30 heavy (non-hydrogen) atoms. The van der Waals surface area contributed by atoms with Gasteiger partial charge >= 0.3 is 5.91 Å². The van der Waals surface area contributed by atoms with Crippen LogP contribution in [0, 0.1) is 13.8 Å². The summed E-state index contributed by atoms with van der Waals surface area (Å²) in [7, 11) is 0. The van der Waals surface area contributed by atoms with Gasteiger partial charge in [-0.2, -0.15) is 0 Å². The SMILES string of the molecule is Cc1nc(N2C(=O)C(=O)/C(=C(/O)c3ccc(Cl)cc3)[C@H]2c2ccc(O)cc2)sc1C. The zero-order valence-electron chi connectivity index (χ0n) is 16.1. The summed E-state index contributed by atoms with van der Waals surface area (Å²) in [5.41, 5.74) is 1.65.